The molecule has 31 heavy (non-hydrogen) atoms. The van der Waals surface area contributed by atoms with E-state index in [1.807, 2.05) is 13.8 Å². The molecule has 2 aromatic heterocycles. The molecule has 0 fully saturated rings. The molecule has 166 valence electrons. The van der Waals surface area contributed by atoms with E-state index in [2.05, 4.69) is 25.3 Å². The van der Waals surface area contributed by atoms with Crippen LogP contribution in [0.25, 0.3) is 11.3 Å². The van der Waals surface area contributed by atoms with Crippen molar-refractivity contribution in [2.24, 2.45) is 5.92 Å². The number of benzene rings is 1. The topological polar surface area (TPSA) is 92.4 Å². The Morgan fingerprint density at radius 1 is 1.13 bits per heavy atom. The number of halogens is 3. The van der Waals surface area contributed by atoms with E-state index in [9.17, 15) is 18.3 Å². The van der Waals surface area contributed by atoms with Gasteiger partial charge in [-0.15, -0.1) is 13.2 Å². The first-order valence-corrected chi connectivity index (χ1v) is 9.62. The van der Waals surface area contributed by atoms with Gasteiger partial charge in [0.1, 0.15) is 17.3 Å². The smallest absolute Gasteiger partial charge is 0.467 e. The molecule has 0 aliphatic heterocycles. The lowest BCUT2D eigenvalue weighted by Crippen LogP contribution is -2.30. The second-order valence-electron chi connectivity index (χ2n) is 7.15. The van der Waals surface area contributed by atoms with E-state index in [0.717, 1.165) is 0 Å². The molecule has 0 bridgehead atoms. The summed E-state index contributed by atoms with van der Waals surface area (Å²) in [5, 5.41) is 15.8. The molecule has 3 rings (SSSR count). The summed E-state index contributed by atoms with van der Waals surface area (Å²) >= 11 is 0. The van der Waals surface area contributed by atoms with Crippen molar-refractivity contribution < 1.29 is 27.4 Å². The van der Waals surface area contributed by atoms with Gasteiger partial charge in [0.15, 0.2) is 0 Å². The zero-order chi connectivity index (χ0) is 22.4. The molecule has 3 N–H and O–H groups in total. The van der Waals surface area contributed by atoms with Gasteiger partial charge in [-0.3, -0.25) is 0 Å². The maximum Gasteiger partial charge on any atom is 0.573 e. The van der Waals surface area contributed by atoms with Crippen LogP contribution in [-0.2, 0) is 6.54 Å². The maximum atomic E-state index is 12.6. The monoisotopic (exact) mass is 436 g/mol. The summed E-state index contributed by atoms with van der Waals surface area (Å²) in [6.45, 7) is 4.10. The number of aromatic nitrogens is 2. The first kappa shape index (κ1) is 22.4. The van der Waals surface area contributed by atoms with Gasteiger partial charge in [0.2, 0.25) is 5.95 Å². The highest BCUT2D eigenvalue weighted by atomic mass is 19.4. The van der Waals surface area contributed by atoms with E-state index in [4.69, 9.17) is 4.42 Å². The average Bonchev–Trinajstić information content (AvgIpc) is 3.23. The number of hydrogen-bond donors (Lipinski definition) is 3. The van der Waals surface area contributed by atoms with Crippen molar-refractivity contribution in [2.75, 3.05) is 17.2 Å². The van der Waals surface area contributed by atoms with Crippen LogP contribution in [0, 0.1) is 5.92 Å². The molecule has 0 saturated heterocycles. The third-order valence-corrected chi connectivity index (χ3v) is 4.43. The quantitative estimate of drug-likeness (QED) is 0.449. The molecule has 10 heteroatoms. The van der Waals surface area contributed by atoms with E-state index in [1.165, 1.54) is 18.2 Å². The number of alkyl halides is 3. The number of rotatable bonds is 9. The number of furan rings is 1. The first-order chi connectivity index (χ1) is 14.7. The van der Waals surface area contributed by atoms with Crippen LogP contribution in [-0.4, -0.2) is 34.1 Å². The Hall–Kier alpha value is -3.27. The van der Waals surface area contributed by atoms with Crippen LogP contribution in [0.15, 0.2) is 53.1 Å². The minimum absolute atomic E-state index is 0.0975. The van der Waals surface area contributed by atoms with Gasteiger partial charge >= 0.3 is 6.36 Å². The van der Waals surface area contributed by atoms with Crippen molar-refractivity contribution in [2.45, 2.75) is 32.8 Å². The number of aliphatic hydroxyl groups is 1. The van der Waals surface area contributed by atoms with E-state index >= 15 is 0 Å². The van der Waals surface area contributed by atoms with Crippen LogP contribution in [0.1, 0.15) is 19.6 Å². The molecular weight excluding hydrogens is 413 g/mol. The largest absolute Gasteiger partial charge is 0.573 e. The summed E-state index contributed by atoms with van der Waals surface area (Å²) in [5.74, 6) is 1.10. The van der Waals surface area contributed by atoms with Crippen molar-refractivity contribution in [1.82, 2.24) is 9.97 Å². The Balaban J connectivity index is 1.93. The third-order valence-electron chi connectivity index (χ3n) is 4.43. The Morgan fingerprint density at radius 2 is 1.94 bits per heavy atom. The van der Waals surface area contributed by atoms with Gasteiger partial charge in [0, 0.05) is 11.6 Å². The molecule has 0 saturated carbocycles. The summed E-state index contributed by atoms with van der Waals surface area (Å²) in [6.07, 6.45) is -3.24. The number of hydrogen-bond acceptors (Lipinski definition) is 7. The Bertz CT molecular complexity index is 978. The lowest BCUT2D eigenvalue weighted by Gasteiger charge is -2.20. The van der Waals surface area contributed by atoms with E-state index in [0.29, 0.717) is 29.4 Å². The number of aliphatic hydroxyl groups excluding tert-OH is 1. The normalized spacial score (nSPS) is 12.6. The second-order valence-corrected chi connectivity index (χ2v) is 7.15. The van der Waals surface area contributed by atoms with E-state index in [-0.39, 0.29) is 30.3 Å². The molecule has 0 aliphatic rings. The van der Waals surface area contributed by atoms with Crippen LogP contribution in [0.4, 0.5) is 24.9 Å². The second kappa shape index (κ2) is 9.69. The molecule has 0 spiro atoms. The van der Waals surface area contributed by atoms with Gasteiger partial charge < -0.3 is 24.9 Å². The molecule has 2 heterocycles. The fourth-order valence-corrected chi connectivity index (χ4v) is 2.78. The molecule has 3 aromatic rings. The van der Waals surface area contributed by atoms with Gasteiger partial charge in [-0.05, 0) is 30.2 Å². The minimum atomic E-state index is -4.79. The summed E-state index contributed by atoms with van der Waals surface area (Å²) in [5.41, 5.74) is 0.797. The molecule has 7 nitrogen and oxygen atoms in total. The van der Waals surface area contributed by atoms with Gasteiger partial charge in [-0.1, -0.05) is 26.0 Å². The highest BCUT2D eigenvalue weighted by Crippen LogP contribution is 2.29. The van der Waals surface area contributed by atoms with Crippen LogP contribution in [0.3, 0.4) is 0 Å². The SMILES string of the molecule is CC(C)[C@H](CO)Nc1nc(NCc2ccco2)cc(-c2cccc(OC(F)(F)F)c2)n1. The van der Waals surface area contributed by atoms with Crippen LogP contribution in [0.2, 0.25) is 0 Å². The molecule has 0 amide bonds. The van der Waals surface area contributed by atoms with E-state index < -0.39 is 6.36 Å². The zero-order valence-corrected chi connectivity index (χ0v) is 17.0. The Labute approximate surface area is 177 Å². The highest BCUT2D eigenvalue weighted by Gasteiger charge is 2.31. The van der Waals surface area contributed by atoms with Crippen LogP contribution in [0.5, 0.6) is 5.75 Å². The third kappa shape index (κ3) is 6.61. The van der Waals surface area contributed by atoms with Crippen molar-refractivity contribution in [3.05, 3.63) is 54.5 Å². The summed E-state index contributed by atoms with van der Waals surface area (Å²) < 4.78 is 47.1. The van der Waals surface area contributed by atoms with Crippen molar-refractivity contribution in [3.63, 3.8) is 0 Å². The highest BCUT2D eigenvalue weighted by molar-refractivity contribution is 5.66. The van der Waals surface area contributed by atoms with Crippen molar-refractivity contribution >= 4 is 11.8 Å². The molecule has 0 unspecified atom stereocenters. The fraction of sp³-hybridized carbons (Fsp3) is 0.333. The van der Waals surface area contributed by atoms with Crippen LogP contribution < -0.4 is 15.4 Å². The maximum absolute atomic E-state index is 12.6. The summed E-state index contributed by atoms with van der Waals surface area (Å²) in [4.78, 5) is 8.84. The number of ether oxygens (including phenoxy) is 1. The summed E-state index contributed by atoms with van der Waals surface area (Å²) in [7, 11) is 0. The summed E-state index contributed by atoms with van der Waals surface area (Å²) in [6, 6.07) is 10.4. The number of nitrogens with one attached hydrogen (secondary N) is 2. The number of anilines is 2. The molecule has 0 radical (unpaired) electrons. The zero-order valence-electron chi connectivity index (χ0n) is 17.0. The fourth-order valence-electron chi connectivity index (χ4n) is 2.78. The van der Waals surface area contributed by atoms with Gasteiger partial charge in [-0.25, -0.2) is 4.98 Å². The standard InChI is InChI=1S/C21H23F3N4O3/c1-13(2)18(12-29)27-20-26-17(10-19(28-20)25-11-16-7-4-8-30-16)14-5-3-6-15(9-14)31-21(22,23)24/h3-10,13,18,29H,11-12H2,1-2H3,(H2,25,26,27,28)/t18-/m0/s1. The lowest BCUT2D eigenvalue weighted by atomic mass is 10.1. The van der Waals surface area contributed by atoms with Crippen molar-refractivity contribution in [1.29, 1.82) is 0 Å². The molecule has 1 aromatic carbocycles. The predicted octanol–water partition coefficient (Wildman–Crippen LogP) is 4.68. The molecule has 1 atom stereocenters. The Morgan fingerprint density at radius 3 is 2.58 bits per heavy atom. The first-order valence-electron chi connectivity index (χ1n) is 9.62. The number of nitrogens with zero attached hydrogens (tertiary/aromatic N) is 2. The molecule has 0 aliphatic carbocycles. The average molecular weight is 436 g/mol. The van der Waals surface area contributed by atoms with E-state index in [1.54, 1.807) is 30.5 Å². The van der Waals surface area contributed by atoms with Crippen molar-refractivity contribution in [3.8, 4) is 17.0 Å². The predicted molar refractivity (Wildman–Crippen MR) is 110 cm³/mol. The molecular formula is C21H23F3N4O3. The lowest BCUT2D eigenvalue weighted by molar-refractivity contribution is -0.274. The van der Waals surface area contributed by atoms with Gasteiger partial charge in [-0.2, -0.15) is 4.98 Å². The van der Waals surface area contributed by atoms with Gasteiger partial charge in [0.25, 0.3) is 0 Å². The van der Waals surface area contributed by atoms with Gasteiger partial charge in [0.05, 0.1) is 31.2 Å². The minimum Gasteiger partial charge on any atom is -0.467 e. The van der Waals surface area contributed by atoms with Crippen LogP contribution >= 0.6 is 0 Å². The Kier molecular flexibility index (Phi) is 7.01.